The minimum atomic E-state index is -2.11. The first kappa shape index (κ1) is 8.52. The first-order chi connectivity index (χ1) is 10.9. The molecule has 1 heterocycles. The summed E-state index contributed by atoms with van der Waals surface area (Å²) in [4.78, 5) is 0. The molecule has 1 nitrogen and oxygen atoms in total. The van der Waals surface area contributed by atoms with Crippen LogP contribution in [0.15, 0.2) is 36.5 Å². The second-order valence-electron chi connectivity index (χ2n) is 5.24. The Morgan fingerprint density at radius 1 is 1.26 bits per heavy atom. The molecular weight excluding hydrogens is 230 g/mol. The van der Waals surface area contributed by atoms with Gasteiger partial charge in [-0.15, -0.1) is 0 Å². The minimum absolute atomic E-state index is 0.122. The van der Waals surface area contributed by atoms with Crippen LogP contribution in [0.25, 0.3) is 11.3 Å². The average Bonchev–Trinajstić information content (AvgIpc) is 2.46. The van der Waals surface area contributed by atoms with Crippen molar-refractivity contribution in [3.8, 4) is 11.3 Å². The fourth-order valence-corrected chi connectivity index (χ4v) is 2.26. The molecule has 0 amide bonds. The molecule has 2 rings (SSSR count). The molecule has 0 aliphatic heterocycles. The molecule has 100 valence electrons. The number of pyridine rings is 1. The van der Waals surface area contributed by atoms with Crippen LogP contribution in [0, 0.1) is 19.7 Å². The molecule has 0 radical (unpaired) electrons. The maximum Gasteiger partial charge on any atom is 0.212 e. The van der Waals surface area contributed by atoms with Crippen LogP contribution < -0.4 is 4.57 Å². The Morgan fingerprint density at radius 2 is 2.05 bits per heavy atom. The number of aromatic nitrogens is 1. The Morgan fingerprint density at radius 3 is 2.63 bits per heavy atom. The van der Waals surface area contributed by atoms with E-state index in [0.717, 1.165) is 16.8 Å². The van der Waals surface area contributed by atoms with Gasteiger partial charge in [-0.05, 0) is 43.8 Å². The Balaban J connectivity index is 2.48. The maximum absolute atomic E-state index is 8.22. The highest BCUT2D eigenvalue weighted by Gasteiger charge is 2.13. The SMILES string of the molecule is [2H]C([2H])([2H])c1ccc(-c2ccc(C([2H])([2H])C(C)C)c[n+]2C)c(C)c1. The predicted molar refractivity (Wildman–Crippen MR) is 81.1 cm³/mol. The zero-order valence-electron chi connectivity index (χ0n) is 17.0. The molecule has 0 aliphatic carbocycles. The highest BCUT2D eigenvalue weighted by molar-refractivity contribution is 5.61. The van der Waals surface area contributed by atoms with Crippen LogP contribution >= 0.6 is 0 Å². The van der Waals surface area contributed by atoms with Gasteiger partial charge in [0.1, 0.15) is 7.05 Å². The van der Waals surface area contributed by atoms with Crippen molar-refractivity contribution < 1.29 is 11.4 Å². The maximum atomic E-state index is 8.22. The molecule has 0 unspecified atom stereocenters. The summed E-state index contributed by atoms with van der Waals surface area (Å²) < 4.78 is 40.9. The molecule has 0 atom stereocenters. The standard InChI is InChI=1S/C18H24N/c1-13(2)10-16-7-9-18(19(5)12-16)17-8-6-14(3)11-15(17)4/h6-9,11-13H,10H2,1-5H3/q+1/i3D3,10D2. The monoisotopic (exact) mass is 259 g/mol. The van der Waals surface area contributed by atoms with E-state index in [9.17, 15) is 0 Å². The summed E-state index contributed by atoms with van der Waals surface area (Å²) in [6, 6.07) is 8.86. The third-order valence-corrected chi connectivity index (χ3v) is 3.09. The van der Waals surface area contributed by atoms with E-state index in [2.05, 4.69) is 0 Å². The van der Waals surface area contributed by atoms with E-state index in [1.807, 2.05) is 56.8 Å². The summed E-state index contributed by atoms with van der Waals surface area (Å²) in [5.74, 6) is -0.122. The van der Waals surface area contributed by atoms with Crippen LogP contribution in [-0.4, -0.2) is 0 Å². The molecule has 0 fully saturated rings. The largest absolute Gasteiger partial charge is 0.212 e. The Bertz CT molecular complexity index is 748. The molecule has 1 aromatic heterocycles. The second kappa shape index (κ2) is 5.56. The topological polar surface area (TPSA) is 3.88 Å². The smallest absolute Gasteiger partial charge is 0.201 e. The van der Waals surface area contributed by atoms with Gasteiger partial charge in [0.25, 0.3) is 0 Å². The Hall–Kier alpha value is -1.63. The number of rotatable bonds is 3. The zero-order valence-corrected chi connectivity index (χ0v) is 12.0. The summed E-state index contributed by atoms with van der Waals surface area (Å²) in [7, 11) is 1.88. The van der Waals surface area contributed by atoms with Crippen LogP contribution in [0.3, 0.4) is 0 Å². The van der Waals surface area contributed by atoms with Crippen LogP contribution in [0.1, 0.15) is 37.4 Å². The molecular formula is C18H24N+. The summed E-state index contributed by atoms with van der Waals surface area (Å²) in [5.41, 5.74) is 3.73. The van der Waals surface area contributed by atoms with Gasteiger partial charge in [0, 0.05) is 24.0 Å². The van der Waals surface area contributed by atoms with E-state index in [-0.39, 0.29) is 5.92 Å². The van der Waals surface area contributed by atoms with Crippen molar-refractivity contribution in [3.05, 3.63) is 53.2 Å². The lowest BCUT2D eigenvalue weighted by molar-refractivity contribution is -0.660. The predicted octanol–water partition coefficient (Wildman–Crippen LogP) is 3.99. The van der Waals surface area contributed by atoms with Gasteiger partial charge >= 0.3 is 0 Å². The number of nitrogens with zero attached hydrogens (tertiary/aromatic N) is 1. The van der Waals surface area contributed by atoms with Crippen LogP contribution in [0.4, 0.5) is 0 Å². The van der Waals surface area contributed by atoms with Gasteiger partial charge in [-0.25, -0.2) is 4.57 Å². The first-order valence-electron chi connectivity index (χ1n) is 9.06. The average molecular weight is 259 g/mol. The van der Waals surface area contributed by atoms with E-state index in [1.54, 1.807) is 12.1 Å². The lowest BCUT2D eigenvalue weighted by Crippen LogP contribution is -2.31. The normalized spacial score (nSPS) is 16.4. The summed E-state index contributed by atoms with van der Waals surface area (Å²) in [6.45, 7) is 3.52. The van der Waals surface area contributed by atoms with E-state index in [0.29, 0.717) is 11.1 Å². The third kappa shape index (κ3) is 3.23. The van der Waals surface area contributed by atoms with E-state index >= 15 is 0 Å². The van der Waals surface area contributed by atoms with Gasteiger partial charge < -0.3 is 0 Å². The minimum Gasteiger partial charge on any atom is -0.201 e. The van der Waals surface area contributed by atoms with Crippen LogP contribution in [0.5, 0.6) is 0 Å². The highest BCUT2D eigenvalue weighted by Crippen LogP contribution is 2.21. The number of hydrogen-bond donors (Lipinski definition) is 0. The molecule has 1 heteroatoms. The molecule has 0 N–H and O–H groups in total. The fraction of sp³-hybridized carbons (Fsp3) is 0.389. The molecule has 0 saturated heterocycles. The quantitative estimate of drug-likeness (QED) is 0.734. The highest BCUT2D eigenvalue weighted by atomic mass is 14.9. The summed E-state index contributed by atoms with van der Waals surface area (Å²) in [6.07, 6.45) is 0.420. The van der Waals surface area contributed by atoms with Gasteiger partial charge in [0.15, 0.2) is 6.20 Å². The molecule has 0 bridgehead atoms. The number of hydrogen-bond acceptors (Lipinski definition) is 0. The van der Waals surface area contributed by atoms with Crippen molar-refractivity contribution in [1.29, 1.82) is 0 Å². The molecule has 2 aromatic rings. The first-order valence-corrected chi connectivity index (χ1v) is 6.56. The van der Waals surface area contributed by atoms with Crippen LogP contribution in [0.2, 0.25) is 0 Å². The van der Waals surface area contributed by atoms with E-state index < -0.39 is 13.2 Å². The van der Waals surface area contributed by atoms with Gasteiger partial charge in [-0.1, -0.05) is 31.5 Å². The van der Waals surface area contributed by atoms with Gasteiger partial charge in [-0.2, -0.15) is 0 Å². The van der Waals surface area contributed by atoms with Crippen LogP contribution in [-0.2, 0) is 13.4 Å². The van der Waals surface area contributed by atoms with E-state index in [4.69, 9.17) is 6.85 Å². The van der Waals surface area contributed by atoms with Gasteiger partial charge in [0.05, 0.1) is 0 Å². The Labute approximate surface area is 123 Å². The lowest BCUT2D eigenvalue weighted by Gasteiger charge is -2.08. The zero-order chi connectivity index (χ0) is 18.3. The molecule has 0 saturated carbocycles. The molecule has 0 spiro atoms. The number of aryl methyl sites for hydroxylation is 3. The van der Waals surface area contributed by atoms with Crippen molar-refractivity contribution in [2.75, 3.05) is 0 Å². The second-order valence-corrected chi connectivity index (χ2v) is 5.24. The molecule has 1 aromatic carbocycles. The van der Waals surface area contributed by atoms with Crippen molar-refractivity contribution in [2.45, 2.75) is 34.0 Å². The van der Waals surface area contributed by atoms with Crippen molar-refractivity contribution in [1.82, 2.24) is 0 Å². The summed E-state index contributed by atoms with van der Waals surface area (Å²) >= 11 is 0. The van der Waals surface area contributed by atoms with Crippen molar-refractivity contribution >= 4 is 0 Å². The van der Waals surface area contributed by atoms with Gasteiger partial charge in [0.2, 0.25) is 5.69 Å². The number of benzene rings is 1. The van der Waals surface area contributed by atoms with Gasteiger partial charge in [-0.3, -0.25) is 0 Å². The molecule has 0 aliphatic rings. The van der Waals surface area contributed by atoms with Crippen molar-refractivity contribution in [3.63, 3.8) is 0 Å². The fourth-order valence-electron chi connectivity index (χ4n) is 2.26. The third-order valence-electron chi connectivity index (χ3n) is 3.09. The summed E-state index contributed by atoms with van der Waals surface area (Å²) in [5, 5.41) is 0. The Kier molecular flexibility index (Phi) is 2.49. The molecule has 19 heavy (non-hydrogen) atoms. The van der Waals surface area contributed by atoms with Crippen molar-refractivity contribution in [2.24, 2.45) is 13.0 Å². The van der Waals surface area contributed by atoms with E-state index in [1.165, 1.54) is 0 Å². The lowest BCUT2D eigenvalue weighted by atomic mass is 10.00.